The highest BCUT2D eigenvalue weighted by Crippen LogP contribution is 2.75. The van der Waals surface area contributed by atoms with Crippen LogP contribution in [0, 0.1) is 56.2 Å². The molecular formula is C30H46O4. The zero-order chi connectivity index (χ0) is 25.1. The Hall–Kier alpha value is -1.16. The molecule has 0 unspecified atom stereocenters. The summed E-state index contributed by atoms with van der Waals surface area (Å²) in [6.45, 7) is 15.9. The van der Waals surface area contributed by atoms with Gasteiger partial charge in [-0.3, -0.25) is 9.59 Å². The normalized spacial score (nSPS) is 56.0. The van der Waals surface area contributed by atoms with Crippen LogP contribution in [-0.4, -0.2) is 28.1 Å². The number of carboxylic acids is 1. The van der Waals surface area contributed by atoms with Gasteiger partial charge >= 0.3 is 5.97 Å². The molecule has 190 valence electrons. The highest BCUT2D eigenvalue weighted by Gasteiger charge is 2.69. The second-order valence-corrected chi connectivity index (χ2v) is 14.9. The molecule has 34 heavy (non-hydrogen) atoms. The summed E-state index contributed by atoms with van der Waals surface area (Å²) < 4.78 is 0. The lowest BCUT2D eigenvalue weighted by atomic mass is 9.33. The molecule has 0 aromatic heterocycles. The van der Waals surface area contributed by atoms with Gasteiger partial charge in [-0.05, 0) is 97.2 Å². The maximum absolute atomic E-state index is 12.9. The molecule has 0 heterocycles. The number of fused-ring (bicyclic) bond motifs is 7. The van der Waals surface area contributed by atoms with Crippen molar-refractivity contribution < 1.29 is 19.8 Å². The van der Waals surface area contributed by atoms with Crippen molar-refractivity contribution in [1.82, 2.24) is 0 Å². The minimum atomic E-state index is -0.870. The summed E-state index contributed by atoms with van der Waals surface area (Å²) in [5, 5.41) is 21.3. The van der Waals surface area contributed by atoms with Gasteiger partial charge in [0.05, 0.1) is 11.5 Å². The van der Waals surface area contributed by atoms with Crippen molar-refractivity contribution in [2.45, 2.75) is 106 Å². The van der Waals surface area contributed by atoms with Crippen molar-refractivity contribution in [3.63, 3.8) is 0 Å². The average molecular weight is 471 g/mol. The maximum atomic E-state index is 12.9. The van der Waals surface area contributed by atoms with Crippen LogP contribution >= 0.6 is 0 Å². The lowest BCUT2D eigenvalue weighted by Gasteiger charge is -2.71. The monoisotopic (exact) mass is 470 g/mol. The lowest BCUT2D eigenvalue weighted by Crippen LogP contribution is -2.66. The Kier molecular flexibility index (Phi) is 5.04. The zero-order valence-corrected chi connectivity index (χ0v) is 22.4. The first kappa shape index (κ1) is 24.5. The van der Waals surface area contributed by atoms with Gasteiger partial charge in [0.2, 0.25) is 0 Å². The summed E-state index contributed by atoms with van der Waals surface area (Å²) in [4.78, 5) is 25.2. The fourth-order valence-corrected chi connectivity index (χ4v) is 10.5. The number of hydrogen-bond acceptors (Lipinski definition) is 3. The number of aliphatic carboxylic acids is 1. The molecule has 0 aromatic carbocycles. The quantitative estimate of drug-likeness (QED) is 0.443. The number of ketones is 1. The minimum absolute atomic E-state index is 0.0621. The van der Waals surface area contributed by atoms with Crippen LogP contribution < -0.4 is 0 Å². The van der Waals surface area contributed by atoms with Crippen LogP contribution in [0.1, 0.15) is 99.8 Å². The molecule has 4 nitrogen and oxygen atoms in total. The third kappa shape index (κ3) is 2.75. The lowest BCUT2D eigenvalue weighted by molar-refractivity contribution is -0.220. The van der Waals surface area contributed by atoms with E-state index in [0.717, 1.165) is 32.1 Å². The summed E-state index contributed by atoms with van der Waals surface area (Å²) in [5.74, 6) is 0.937. The number of Topliss-reactive ketones (excluding diaryl/α,β-unsaturated/α-hetero) is 1. The fraction of sp³-hybridized carbons (Fsp3) is 0.867. The highest BCUT2D eigenvalue weighted by molar-refractivity contribution is 5.85. The van der Waals surface area contributed by atoms with Crippen LogP contribution in [0.15, 0.2) is 12.2 Å². The molecule has 4 fully saturated rings. The molecule has 0 saturated heterocycles. The third-order valence-corrected chi connectivity index (χ3v) is 13.2. The van der Waals surface area contributed by atoms with Crippen LogP contribution in [0.3, 0.4) is 0 Å². The number of carboxylic acid groups (broad SMARTS) is 1. The number of hydrogen-bond donors (Lipinski definition) is 2. The topological polar surface area (TPSA) is 74.6 Å². The van der Waals surface area contributed by atoms with E-state index in [-0.39, 0.29) is 38.9 Å². The summed E-state index contributed by atoms with van der Waals surface area (Å²) in [6, 6.07) is 0. The van der Waals surface area contributed by atoms with E-state index in [1.807, 2.05) is 6.92 Å². The standard InChI is InChI=1S/C30H46O4/c1-25(2)20-10-13-30(7)21(28(20,5)12-11-22(25)31)9-8-18-19-16-26(3,24(33)34)17-23(32)27(19,4)14-15-29(18,30)6/h8-9,18-21,23,32H,10-17H2,1-7H3,(H,33,34)/t18-,19-,20+,21+,23-,26-,27+,28-,29+,30+/m0/s1. The van der Waals surface area contributed by atoms with Crippen molar-refractivity contribution in [2.24, 2.45) is 56.2 Å². The number of aliphatic hydroxyl groups excluding tert-OH is 1. The Morgan fingerprint density at radius 2 is 1.56 bits per heavy atom. The van der Waals surface area contributed by atoms with Gasteiger partial charge in [-0.25, -0.2) is 0 Å². The van der Waals surface area contributed by atoms with Crippen LogP contribution in [-0.2, 0) is 9.59 Å². The summed E-state index contributed by atoms with van der Waals surface area (Å²) in [5.41, 5.74) is -1.08. The molecule has 0 spiro atoms. The fourth-order valence-electron chi connectivity index (χ4n) is 10.5. The number of aliphatic hydroxyl groups is 1. The third-order valence-electron chi connectivity index (χ3n) is 13.2. The van der Waals surface area contributed by atoms with E-state index in [1.54, 1.807) is 0 Å². The molecule has 10 atom stereocenters. The van der Waals surface area contributed by atoms with Crippen LogP contribution in [0.2, 0.25) is 0 Å². The van der Waals surface area contributed by atoms with Crippen molar-refractivity contribution in [1.29, 1.82) is 0 Å². The van der Waals surface area contributed by atoms with Crippen LogP contribution in [0.5, 0.6) is 0 Å². The van der Waals surface area contributed by atoms with E-state index in [4.69, 9.17) is 0 Å². The molecule has 4 saturated carbocycles. The SMILES string of the molecule is CC1(C)C(=O)CC[C@@]2(C)[C@@H]1CC[C@]1(C)[C@@H]2C=C[C@H]2[C@@H]3C[C@](C)(C(=O)O)C[C@H](O)[C@]3(C)CC[C@]21C. The first-order valence-electron chi connectivity index (χ1n) is 13.7. The molecule has 4 heteroatoms. The summed E-state index contributed by atoms with van der Waals surface area (Å²) >= 11 is 0. The number of allylic oxidation sites excluding steroid dienone is 2. The molecule has 5 aliphatic carbocycles. The molecule has 0 radical (unpaired) electrons. The van der Waals surface area contributed by atoms with E-state index in [1.165, 1.54) is 0 Å². The Labute approximate surface area is 206 Å². The Morgan fingerprint density at radius 1 is 0.882 bits per heavy atom. The minimum Gasteiger partial charge on any atom is -0.481 e. The number of carbonyl (C=O) groups is 2. The molecule has 5 rings (SSSR count). The smallest absolute Gasteiger partial charge is 0.309 e. The van der Waals surface area contributed by atoms with Gasteiger partial charge in [-0.1, -0.05) is 53.7 Å². The zero-order valence-electron chi connectivity index (χ0n) is 22.4. The Bertz CT molecular complexity index is 951. The van der Waals surface area contributed by atoms with E-state index in [9.17, 15) is 19.8 Å². The Balaban J connectivity index is 1.59. The first-order chi connectivity index (χ1) is 15.6. The number of rotatable bonds is 1. The van der Waals surface area contributed by atoms with E-state index < -0.39 is 17.5 Å². The van der Waals surface area contributed by atoms with E-state index in [0.29, 0.717) is 36.9 Å². The predicted octanol–water partition coefficient (Wildman–Crippen LogP) is 6.27. The van der Waals surface area contributed by atoms with Gasteiger partial charge < -0.3 is 10.2 Å². The molecule has 0 aromatic rings. The van der Waals surface area contributed by atoms with Gasteiger partial charge in [0.25, 0.3) is 0 Å². The second-order valence-electron chi connectivity index (χ2n) is 14.9. The van der Waals surface area contributed by atoms with Crippen LogP contribution in [0.4, 0.5) is 0 Å². The molecule has 0 aliphatic heterocycles. The van der Waals surface area contributed by atoms with Crippen LogP contribution in [0.25, 0.3) is 0 Å². The first-order valence-corrected chi connectivity index (χ1v) is 13.7. The van der Waals surface area contributed by atoms with Crippen molar-refractivity contribution in [3.05, 3.63) is 12.2 Å². The Morgan fingerprint density at radius 3 is 2.21 bits per heavy atom. The van der Waals surface area contributed by atoms with Gasteiger partial charge in [0.15, 0.2) is 0 Å². The van der Waals surface area contributed by atoms with Crippen molar-refractivity contribution in [3.8, 4) is 0 Å². The molecule has 2 N–H and O–H groups in total. The molecule has 0 amide bonds. The maximum Gasteiger partial charge on any atom is 0.309 e. The molecule has 5 aliphatic rings. The van der Waals surface area contributed by atoms with Gasteiger partial charge in [-0.15, -0.1) is 0 Å². The van der Waals surface area contributed by atoms with E-state index >= 15 is 0 Å². The van der Waals surface area contributed by atoms with Gasteiger partial charge in [-0.2, -0.15) is 0 Å². The average Bonchev–Trinajstić information content (AvgIpc) is 2.73. The summed E-state index contributed by atoms with van der Waals surface area (Å²) in [7, 11) is 0. The highest BCUT2D eigenvalue weighted by atomic mass is 16.4. The van der Waals surface area contributed by atoms with Gasteiger partial charge in [0.1, 0.15) is 5.78 Å². The predicted molar refractivity (Wildman–Crippen MR) is 133 cm³/mol. The second kappa shape index (κ2) is 6.99. The van der Waals surface area contributed by atoms with E-state index in [2.05, 4.69) is 53.7 Å². The van der Waals surface area contributed by atoms with Crippen molar-refractivity contribution in [2.75, 3.05) is 0 Å². The number of carbonyl (C=O) groups excluding carboxylic acids is 1. The largest absolute Gasteiger partial charge is 0.481 e. The molecular weight excluding hydrogens is 424 g/mol. The molecule has 0 bridgehead atoms. The van der Waals surface area contributed by atoms with Crippen molar-refractivity contribution >= 4 is 11.8 Å². The van der Waals surface area contributed by atoms with Gasteiger partial charge in [0, 0.05) is 11.8 Å². The summed E-state index contributed by atoms with van der Waals surface area (Å²) in [6.07, 6.45) is 11.3.